The quantitative estimate of drug-likeness (QED) is 0.389. The van der Waals surface area contributed by atoms with Gasteiger partial charge in [0, 0.05) is 58.4 Å². The maximum absolute atomic E-state index is 14.1. The first-order valence-corrected chi connectivity index (χ1v) is 13.8. The van der Waals surface area contributed by atoms with E-state index in [1.165, 1.54) is 18.3 Å². The van der Waals surface area contributed by atoms with Gasteiger partial charge in [0.05, 0.1) is 34.5 Å². The normalized spacial score (nSPS) is 18.4. The third-order valence-electron chi connectivity index (χ3n) is 7.29. The lowest BCUT2D eigenvalue weighted by atomic mass is 10.1. The number of nitrogens with one attached hydrogen (secondary N) is 2. The summed E-state index contributed by atoms with van der Waals surface area (Å²) < 4.78 is 8.32. The van der Waals surface area contributed by atoms with Gasteiger partial charge in [-0.3, -0.25) is 23.7 Å². The number of hydrogen-bond acceptors (Lipinski definition) is 8. The highest BCUT2D eigenvalue weighted by Crippen LogP contribution is 2.34. The van der Waals surface area contributed by atoms with E-state index >= 15 is 0 Å². The smallest absolute Gasteiger partial charge is 0.258 e. The first kappa shape index (κ1) is 24.8. The lowest BCUT2D eigenvalue weighted by Gasteiger charge is -2.26. The van der Waals surface area contributed by atoms with Gasteiger partial charge in [-0.05, 0) is 24.6 Å². The molecule has 3 aromatic heterocycles. The van der Waals surface area contributed by atoms with Crippen molar-refractivity contribution in [3.63, 3.8) is 0 Å². The number of nitrogens with zero attached hydrogens (tertiary/aromatic N) is 4. The van der Waals surface area contributed by atoms with Crippen molar-refractivity contribution < 1.29 is 14.3 Å². The Balaban J connectivity index is 1.45. The van der Waals surface area contributed by atoms with E-state index in [2.05, 4.69) is 25.4 Å². The molecule has 1 aromatic carbocycles. The van der Waals surface area contributed by atoms with Crippen LogP contribution in [0.4, 0.5) is 5.69 Å². The van der Waals surface area contributed by atoms with Gasteiger partial charge in [0.2, 0.25) is 11.3 Å². The number of anilines is 1. The van der Waals surface area contributed by atoms with Crippen molar-refractivity contribution in [3.8, 4) is 0 Å². The van der Waals surface area contributed by atoms with E-state index in [9.17, 15) is 14.4 Å². The van der Waals surface area contributed by atoms with Crippen LogP contribution in [0.1, 0.15) is 23.7 Å². The second kappa shape index (κ2) is 10.3. The molecule has 11 heteroatoms. The first-order valence-electron chi connectivity index (χ1n) is 13.0. The number of carbonyl (C=O) groups excluding carboxylic acids is 2. The number of morpholine rings is 1. The Hall–Kier alpha value is -3.54. The third kappa shape index (κ3) is 4.50. The molecular formula is C27H30N6O4S. The summed E-state index contributed by atoms with van der Waals surface area (Å²) in [5.74, 6) is -0.444. The van der Waals surface area contributed by atoms with E-state index in [4.69, 9.17) is 4.74 Å². The highest BCUT2D eigenvalue weighted by atomic mass is 32.1. The third-order valence-corrected chi connectivity index (χ3v) is 8.43. The molecule has 2 aliphatic heterocycles. The number of benzene rings is 1. The van der Waals surface area contributed by atoms with Crippen molar-refractivity contribution in [2.75, 3.05) is 57.4 Å². The fourth-order valence-corrected chi connectivity index (χ4v) is 6.68. The number of rotatable bonds is 6. The van der Waals surface area contributed by atoms with E-state index in [0.29, 0.717) is 55.3 Å². The maximum atomic E-state index is 14.1. The van der Waals surface area contributed by atoms with Crippen LogP contribution in [0.5, 0.6) is 0 Å². The lowest BCUT2D eigenvalue weighted by molar-refractivity contribution is -0.119. The van der Waals surface area contributed by atoms with E-state index < -0.39 is 0 Å². The molecule has 2 aliphatic rings. The molecule has 2 N–H and O–H groups in total. The number of carbonyl (C=O) groups is 2. The predicted molar refractivity (Wildman–Crippen MR) is 148 cm³/mol. The van der Waals surface area contributed by atoms with Crippen molar-refractivity contribution in [2.45, 2.75) is 19.4 Å². The van der Waals surface area contributed by atoms with Gasteiger partial charge < -0.3 is 20.3 Å². The Morgan fingerprint density at radius 3 is 2.79 bits per heavy atom. The van der Waals surface area contributed by atoms with Gasteiger partial charge in [0.15, 0.2) is 5.65 Å². The van der Waals surface area contributed by atoms with Crippen LogP contribution >= 0.6 is 11.3 Å². The summed E-state index contributed by atoms with van der Waals surface area (Å²) in [5.41, 5.74) is 2.00. The van der Waals surface area contributed by atoms with Gasteiger partial charge in [0.1, 0.15) is 10.4 Å². The van der Waals surface area contributed by atoms with Gasteiger partial charge in [-0.15, -0.1) is 11.3 Å². The van der Waals surface area contributed by atoms with E-state index in [-0.39, 0.29) is 28.8 Å². The summed E-state index contributed by atoms with van der Waals surface area (Å²) >= 11 is 1.43. The Kier molecular flexibility index (Phi) is 6.73. The zero-order valence-corrected chi connectivity index (χ0v) is 22.1. The second-order valence-electron chi connectivity index (χ2n) is 9.79. The number of ether oxygens (including phenoxy) is 1. The van der Waals surface area contributed by atoms with E-state index in [1.807, 2.05) is 34.7 Å². The average molecular weight is 535 g/mol. The lowest BCUT2D eigenvalue weighted by Crippen LogP contribution is -2.42. The molecule has 38 heavy (non-hydrogen) atoms. The summed E-state index contributed by atoms with van der Waals surface area (Å²) in [6.45, 7) is 6.99. The van der Waals surface area contributed by atoms with Crippen molar-refractivity contribution in [1.82, 2.24) is 24.9 Å². The molecule has 2 fully saturated rings. The fraction of sp³-hybridized carbons (Fsp3) is 0.407. The van der Waals surface area contributed by atoms with Crippen molar-refractivity contribution in [2.24, 2.45) is 0 Å². The summed E-state index contributed by atoms with van der Waals surface area (Å²) in [7, 11) is 0. The highest BCUT2D eigenvalue weighted by molar-refractivity contribution is 7.24. The Morgan fingerprint density at radius 1 is 1.16 bits per heavy atom. The molecule has 5 heterocycles. The summed E-state index contributed by atoms with van der Waals surface area (Å²) in [6, 6.07) is 9.72. The molecule has 6 rings (SSSR count). The zero-order chi connectivity index (χ0) is 26.2. The molecule has 10 nitrogen and oxygen atoms in total. The largest absolute Gasteiger partial charge is 0.379 e. The van der Waals surface area contributed by atoms with Crippen LogP contribution in [0.2, 0.25) is 0 Å². The average Bonchev–Trinajstić information content (AvgIpc) is 3.53. The molecule has 0 spiro atoms. The van der Waals surface area contributed by atoms with Gasteiger partial charge in [0.25, 0.3) is 5.91 Å². The van der Waals surface area contributed by atoms with Crippen LogP contribution in [0.15, 0.2) is 41.3 Å². The second-order valence-corrected chi connectivity index (χ2v) is 10.8. The van der Waals surface area contributed by atoms with Gasteiger partial charge in [-0.1, -0.05) is 12.1 Å². The van der Waals surface area contributed by atoms with Gasteiger partial charge >= 0.3 is 0 Å². The minimum Gasteiger partial charge on any atom is -0.379 e. The van der Waals surface area contributed by atoms with Gasteiger partial charge in [-0.25, -0.2) is 4.98 Å². The molecule has 2 amide bonds. The predicted octanol–water partition coefficient (Wildman–Crippen LogP) is 1.84. The van der Waals surface area contributed by atoms with Crippen LogP contribution < -0.4 is 21.0 Å². The summed E-state index contributed by atoms with van der Waals surface area (Å²) in [6.07, 6.45) is 2.49. The molecule has 0 radical (unpaired) electrons. The summed E-state index contributed by atoms with van der Waals surface area (Å²) in [5, 5.41) is 6.40. The molecule has 0 bridgehead atoms. The molecule has 2 saturated heterocycles. The van der Waals surface area contributed by atoms with Gasteiger partial charge in [-0.2, -0.15) is 0 Å². The Bertz CT molecular complexity index is 1590. The molecule has 198 valence electrons. The SMILES string of the molecule is CC(=O)NC1CCN(c2ccnc3c2c(=O)c(C(=O)NCCN2CCOCC2)c2sc4ccccc4n23)C1. The van der Waals surface area contributed by atoms with Crippen LogP contribution in [-0.2, 0) is 9.53 Å². The number of thiazole rings is 1. The molecule has 4 aromatic rings. The van der Waals surface area contributed by atoms with Crippen molar-refractivity contribution in [1.29, 1.82) is 0 Å². The minimum absolute atomic E-state index is 0.00661. The van der Waals surface area contributed by atoms with E-state index in [1.54, 1.807) is 6.20 Å². The molecule has 0 aliphatic carbocycles. The molecular weight excluding hydrogens is 504 g/mol. The monoisotopic (exact) mass is 534 g/mol. The molecule has 1 atom stereocenters. The Morgan fingerprint density at radius 2 is 1.97 bits per heavy atom. The van der Waals surface area contributed by atoms with Crippen LogP contribution in [0, 0.1) is 0 Å². The Labute approximate surface area is 223 Å². The number of amides is 2. The number of fused-ring (bicyclic) bond motifs is 5. The number of hydrogen-bond donors (Lipinski definition) is 2. The van der Waals surface area contributed by atoms with Crippen LogP contribution in [-0.4, -0.2) is 84.6 Å². The van der Waals surface area contributed by atoms with Crippen molar-refractivity contribution in [3.05, 3.63) is 52.3 Å². The van der Waals surface area contributed by atoms with Crippen LogP contribution in [0.3, 0.4) is 0 Å². The first-order chi connectivity index (χ1) is 18.5. The van der Waals surface area contributed by atoms with Crippen molar-refractivity contribution >= 4 is 54.9 Å². The maximum Gasteiger partial charge on any atom is 0.258 e. The standard InChI is InChI=1S/C27H30N6O4S/c1-17(34)30-18-7-10-32(16-18)20-6-8-28-25-22(20)24(35)23(26(36)29-9-11-31-12-14-37-15-13-31)27-33(25)19-4-2-3-5-21(19)38-27/h2-6,8,18H,7,9-16H2,1H3,(H,29,36)(H,30,34). The molecule has 1 unspecified atom stereocenters. The highest BCUT2D eigenvalue weighted by Gasteiger charge is 2.29. The van der Waals surface area contributed by atoms with Crippen LogP contribution in [0.25, 0.3) is 26.1 Å². The topological polar surface area (TPSA) is 108 Å². The molecule has 0 saturated carbocycles. The number of pyridine rings is 2. The van der Waals surface area contributed by atoms with E-state index in [0.717, 1.165) is 35.4 Å². The minimum atomic E-state index is -0.374. The number of para-hydroxylation sites is 1. The number of aromatic nitrogens is 2. The zero-order valence-electron chi connectivity index (χ0n) is 21.2. The summed E-state index contributed by atoms with van der Waals surface area (Å²) in [4.78, 5) is 48.9. The fourth-order valence-electron chi connectivity index (χ4n) is 5.50.